The molecular formula is C20H28N4. The van der Waals surface area contributed by atoms with Crippen molar-refractivity contribution in [2.45, 2.75) is 19.4 Å². The van der Waals surface area contributed by atoms with Crippen LogP contribution in [0.1, 0.15) is 29.4 Å². The van der Waals surface area contributed by atoms with Crippen LogP contribution >= 0.6 is 0 Å². The third kappa shape index (κ3) is 3.94. The van der Waals surface area contributed by atoms with Crippen LogP contribution < -0.4 is 10.2 Å². The summed E-state index contributed by atoms with van der Waals surface area (Å²) in [5, 5.41) is 3.50. The maximum absolute atomic E-state index is 4.84. The number of aryl methyl sites for hydroxylation is 1. The van der Waals surface area contributed by atoms with Crippen LogP contribution in [0.25, 0.3) is 0 Å². The van der Waals surface area contributed by atoms with Gasteiger partial charge in [0.25, 0.3) is 0 Å². The summed E-state index contributed by atoms with van der Waals surface area (Å²) in [6.45, 7) is 6.36. The average molecular weight is 324 g/mol. The van der Waals surface area contributed by atoms with Crippen molar-refractivity contribution in [3.05, 3.63) is 59.4 Å². The molecule has 1 unspecified atom stereocenters. The van der Waals surface area contributed by atoms with Crippen LogP contribution in [0.2, 0.25) is 0 Å². The molecule has 3 rings (SSSR count). The standard InChI is InChI=1S/C20H28N4/c1-16-6-4-7-19(22-16)20(24-14-5-12-21-13-15-24)17-8-10-18(11-9-17)23(2)3/h4,6-11,20-21H,5,12-15H2,1-3H3. The summed E-state index contributed by atoms with van der Waals surface area (Å²) in [5.74, 6) is 0. The Bertz CT molecular complexity index is 643. The van der Waals surface area contributed by atoms with Crippen LogP contribution in [0.5, 0.6) is 0 Å². The van der Waals surface area contributed by atoms with Crippen LogP contribution in [0.4, 0.5) is 5.69 Å². The van der Waals surface area contributed by atoms with E-state index in [0.717, 1.165) is 37.6 Å². The Balaban J connectivity index is 1.97. The molecule has 0 amide bonds. The monoisotopic (exact) mass is 324 g/mol. The normalized spacial score (nSPS) is 17.3. The van der Waals surface area contributed by atoms with Gasteiger partial charge in [-0.15, -0.1) is 0 Å². The molecule has 1 saturated heterocycles. The van der Waals surface area contributed by atoms with Crippen molar-refractivity contribution in [2.75, 3.05) is 45.2 Å². The fourth-order valence-corrected chi connectivity index (χ4v) is 3.36. The molecule has 4 nitrogen and oxygen atoms in total. The van der Waals surface area contributed by atoms with E-state index in [1.165, 1.54) is 17.7 Å². The lowest BCUT2D eigenvalue weighted by Crippen LogP contribution is -2.33. The summed E-state index contributed by atoms with van der Waals surface area (Å²) >= 11 is 0. The topological polar surface area (TPSA) is 31.4 Å². The first kappa shape index (κ1) is 16.9. The first-order valence-electron chi connectivity index (χ1n) is 8.81. The van der Waals surface area contributed by atoms with Gasteiger partial charge in [-0.05, 0) is 49.7 Å². The highest BCUT2D eigenvalue weighted by Gasteiger charge is 2.24. The largest absolute Gasteiger partial charge is 0.378 e. The highest BCUT2D eigenvalue weighted by Crippen LogP contribution is 2.29. The summed E-state index contributed by atoms with van der Waals surface area (Å²) in [5.41, 5.74) is 4.78. The van der Waals surface area contributed by atoms with Crippen LogP contribution in [0.15, 0.2) is 42.5 Å². The maximum atomic E-state index is 4.84. The molecule has 1 aromatic carbocycles. The Morgan fingerprint density at radius 3 is 2.54 bits per heavy atom. The zero-order chi connectivity index (χ0) is 16.9. The Labute approximate surface area is 145 Å². The minimum atomic E-state index is 0.223. The van der Waals surface area contributed by atoms with Crippen molar-refractivity contribution in [3.8, 4) is 0 Å². The maximum Gasteiger partial charge on any atom is 0.0777 e. The van der Waals surface area contributed by atoms with E-state index < -0.39 is 0 Å². The van der Waals surface area contributed by atoms with E-state index in [4.69, 9.17) is 4.98 Å². The molecule has 1 N–H and O–H groups in total. The van der Waals surface area contributed by atoms with Crippen molar-refractivity contribution in [1.29, 1.82) is 0 Å². The summed E-state index contributed by atoms with van der Waals surface area (Å²) in [6, 6.07) is 15.5. The molecule has 0 bridgehead atoms. The Kier molecular flexibility index (Phi) is 5.48. The quantitative estimate of drug-likeness (QED) is 0.937. The first-order valence-corrected chi connectivity index (χ1v) is 8.81. The number of nitrogens with zero attached hydrogens (tertiary/aromatic N) is 3. The Morgan fingerprint density at radius 2 is 1.83 bits per heavy atom. The third-order valence-corrected chi connectivity index (χ3v) is 4.66. The Hall–Kier alpha value is -1.91. The van der Waals surface area contributed by atoms with E-state index in [-0.39, 0.29) is 6.04 Å². The molecule has 2 heterocycles. The van der Waals surface area contributed by atoms with E-state index in [2.05, 4.69) is 78.6 Å². The zero-order valence-corrected chi connectivity index (χ0v) is 15.0. The number of hydrogen-bond acceptors (Lipinski definition) is 4. The number of pyridine rings is 1. The molecule has 128 valence electrons. The summed E-state index contributed by atoms with van der Waals surface area (Å²) in [6.07, 6.45) is 1.18. The predicted molar refractivity (Wildman–Crippen MR) is 101 cm³/mol. The van der Waals surface area contributed by atoms with Crippen LogP contribution in [-0.4, -0.2) is 50.2 Å². The Morgan fingerprint density at radius 1 is 1.04 bits per heavy atom. The molecule has 1 aromatic heterocycles. The number of benzene rings is 1. The van der Waals surface area contributed by atoms with Gasteiger partial charge in [-0.3, -0.25) is 9.88 Å². The summed E-state index contributed by atoms with van der Waals surface area (Å²) < 4.78 is 0. The second-order valence-corrected chi connectivity index (χ2v) is 6.73. The third-order valence-electron chi connectivity index (χ3n) is 4.66. The molecule has 24 heavy (non-hydrogen) atoms. The van der Waals surface area contributed by atoms with E-state index in [1.54, 1.807) is 0 Å². The fourth-order valence-electron chi connectivity index (χ4n) is 3.36. The molecule has 1 atom stereocenters. The summed E-state index contributed by atoms with van der Waals surface area (Å²) in [7, 11) is 4.16. The molecule has 1 fully saturated rings. The van der Waals surface area contributed by atoms with E-state index in [0.29, 0.717) is 0 Å². The first-order chi connectivity index (χ1) is 11.6. The number of hydrogen-bond donors (Lipinski definition) is 1. The van der Waals surface area contributed by atoms with E-state index in [1.807, 2.05) is 0 Å². The average Bonchev–Trinajstić information content (AvgIpc) is 2.85. The number of rotatable bonds is 4. The molecule has 0 spiro atoms. The smallest absolute Gasteiger partial charge is 0.0777 e. The van der Waals surface area contributed by atoms with Crippen molar-refractivity contribution in [2.24, 2.45) is 0 Å². The van der Waals surface area contributed by atoms with Crippen LogP contribution in [0, 0.1) is 6.92 Å². The van der Waals surface area contributed by atoms with Gasteiger partial charge in [0.15, 0.2) is 0 Å². The fraction of sp³-hybridized carbons (Fsp3) is 0.450. The number of aromatic nitrogens is 1. The van der Waals surface area contributed by atoms with Gasteiger partial charge in [0.1, 0.15) is 0 Å². The molecule has 1 aliphatic rings. The molecule has 2 aromatic rings. The van der Waals surface area contributed by atoms with E-state index >= 15 is 0 Å². The van der Waals surface area contributed by atoms with E-state index in [9.17, 15) is 0 Å². The van der Waals surface area contributed by atoms with Crippen molar-refractivity contribution in [3.63, 3.8) is 0 Å². The van der Waals surface area contributed by atoms with Gasteiger partial charge in [-0.25, -0.2) is 0 Å². The van der Waals surface area contributed by atoms with Crippen molar-refractivity contribution >= 4 is 5.69 Å². The number of anilines is 1. The lowest BCUT2D eigenvalue weighted by Gasteiger charge is -2.31. The second kappa shape index (κ2) is 7.77. The minimum Gasteiger partial charge on any atom is -0.378 e. The molecule has 0 radical (unpaired) electrons. The van der Waals surface area contributed by atoms with Gasteiger partial charge in [0.2, 0.25) is 0 Å². The van der Waals surface area contributed by atoms with Gasteiger partial charge in [0.05, 0.1) is 11.7 Å². The predicted octanol–water partition coefficient (Wildman–Crippen LogP) is 2.84. The van der Waals surface area contributed by atoms with Crippen molar-refractivity contribution < 1.29 is 0 Å². The molecule has 0 saturated carbocycles. The molecular weight excluding hydrogens is 296 g/mol. The number of nitrogens with one attached hydrogen (secondary N) is 1. The highest BCUT2D eigenvalue weighted by molar-refractivity contribution is 5.47. The van der Waals surface area contributed by atoms with Crippen LogP contribution in [-0.2, 0) is 0 Å². The highest BCUT2D eigenvalue weighted by atomic mass is 15.2. The zero-order valence-electron chi connectivity index (χ0n) is 15.0. The molecule has 0 aliphatic carbocycles. The lowest BCUT2D eigenvalue weighted by atomic mass is 10.00. The van der Waals surface area contributed by atoms with Gasteiger partial charge in [0, 0.05) is 45.1 Å². The molecule has 4 heteroatoms. The van der Waals surface area contributed by atoms with Gasteiger partial charge < -0.3 is 10.2 Å². The lowest BCUT2D eigenvalue weighted by molar-refractivity contribution is 0.237. The molecule has 1 aliphatic heterocycles. The van der Waals surface area contributed by atoms with Gasteiger partial charge >= 0.3 is 0 Å². The van der Waals surface area contributed by atoms with Gasteiger partial charge in [-0.2, -0.15) is 0 Å². The minimum absolute atomic E-state index is 0.223. The van der Waals surface area contributed by atoms with Gasteiger partial charge in [-0.1, -0.05) is 18.2 Å². The summed E-state index contributed by atoms with van der Waals surface area (Å²) in [4.78, 5) is 9.54. The SMILES string of the molecule is Cc1cccc(C(c2ccc(N(C)C)cc2)N2CCCNCC2)n1. The van der Waals surface area contributed by atoms with Crippen LogP contribution in [0.3, 0.4) is 0 Å². The van der Waals surface area contributed by atoms with Crippen molar-refractivity contribution in [1.82, 2.24) is 15.2 Å². The second-order valence-electron chi connectivity index (χ2n) is 6.73.